The van der Waals surface area contributed by atoms with E-state index in [1.54, 1.807) is 7.11 Å². The van der Waals surface area contributed by atoms with E-state index in [4.69, 9.17) is 14.5 Å². The van der Waals surface area contributed by atoms with Crippen LogP contribution < -0.4 is 10.1 Å². The lowest BCUT2D eigenvalue weighted by atomic mass is 10.0. The van der Waals surface area contributed by atoms with E-state index in [-0.39, 0.29) is 24.0 Å². The van der Waals surface area contributed by atoms with E-state index in [0.29, 0.717) is 19.8 Å². The maximum Gasteiger partial charge on any atom is 0.194 e. The van der Waals surface area contributed by atoms with Crippen LogP contribution in [0.5, 0.6) is 5.75 Å². The van der Waals surface area contributed by atoms with E-state index in [0.717, 1.165) is 37.3 Å². The van der Waals surface area contributed by atoms with Crippen molar-refractivity contribution in [2.45, 2.75) is 33.2 Å². The van der Waals surface area contributed by atoms with Gasteiger partial charge in [-0.05, 0) is 43.4 Å². The zero-order valence-corrected chi connectivity index (χ0v) is 18.0. The minimum absolute atomic E-state index is 0. The first-order chi connectivity index (χ1) is 11.7. The third-order valence-electron chi connectivity index (χ3n) is 4.18. The van der Waals surface area contributed by atoms with E-state index < -0.39 is 0 Å². The SMILES string of the molecule is CCNC(=NCc1ccc(OCCOC)cc1)N1CCCC(C)C1.I. The van der Waals surface area contributed by atoms with Crippen molar-refractivity contribution in [2.24, 2.45) is 10.9 Å². The summed E-state index contributed by atoms with van der Waals surface area (Å²) in [6.45, 7) is 9.40. The second kappa shape index (κ2) is 12.4. The van der Waals surface area contributed by atoms with Gasteiger partial charge in [-0.15, -0.1) is 24.0 Å². The lowest BCUT2D eigenvalue weighted by Gasteiger charge is -2.33. The van der Waals surface area contributed by atoms with Crippen LogP contribution in [0.4, 0.5) is 0 Å². The number of halogens is 1. The molecule has 1 N–H and O–H groups in total. The first-order valence-corrected chi connectivity index (χ1v) is 8.97. The Morgan fingerprint density at radius 1 is 1.28 bits per heavy atom. The van der Waals surface area contributed by atoms with E-state index in [1.807, 2.05) is 12.1 Å². The highest BCUT2D eigenvalue weighted by molar-refractivity contribution is 14.0. The number of benzene rings is 1. The monoisotopic (exact) mass is 461 g/mol. The lowest BCUT2D eigenvalue weighted by Crippen LogP contribution is -2.46. The van der Waals surface area contributed by atoms with Gasteiger partial charge < -0.3 is 19.7 Å². The van der Waals surface area contributed by atoms with Crippen molar-refractivity contribution >= 4 is 29.9 Å². The molecule has 1 fully saturated rings. The van der Waals surface area contributed by atoms with Gasteiger partial charge in [0.15, 0.2) is 5.96 Å². The van der Waals surface area contributed by atoms with E-state index in [9.17, 15) is 0 Å². The first kappa shape index (κ1) is 22.0. The number of nitrogens with zero attached hydrogens (tertiary/aromatic N) is 2. The Bertz CT molecular complexity index is 508. The fourth-order valence-corrected chi connectivity index (χ4v) is 2.91. The highest BCUT2D eigenvalue weighted by Gasteiger charge is 2.18. The summed E-state index contributed by atoms with van der Waals surface area (Å²) in [4.78, 5) is 7.21. The van der Waals surface area contributed by atoms with E-state index in [1.165, 1.54) is 18.4 Å². The molecule has 25 heavy (non-hydrogen) atoms. The molecule has 1 aliphatic rings. The fraction of sp³-hybridized carbons (Fsp3) is 0.632. The van der Waals surface area contributed by atoms with Gasteiger partial charge in [0.1, 0.15) is 12.4 Å². The molecule has 1 aromatic carbocycles. The number of ether oxygens (including phenoxy) is 2. The molecule has 0 saturated carbocycles. The number of hydrogen-bond acceptors (Lipinski definition) is 3. The molecule has 1 atom stereocenters. The summed E-state index contributed by atoms with van der Waals surface area (Å²) in [5.74, 6) is 2.65. The van der Waals surface area contributed by atoms with E-state index in [2.05, 4.69) is 36.2 Å². The van der Waals surface area contributed by atoms with Crippen LogP contribution in [0.25, 0.3) is 0 Å². The Balaban J connectivity index is 0.00000312. The van der Waals surface area contributed by atoms with Gasteiger partial charge in [0.05, 0.1) is 13.2 Å². The minimum Gasteiger partial charge on any atom is -0.491 e. The molecular weight excluding hydrogens is 429 g/mol. The molecule has 1 saturated heterocycles. The number of aliphatic imine (C=N–C) groups is 1. The Morgan fingerprint density at radius 3 is 2.68 bits per heavy atom. The molecule has 1 heterocycles. The zero-order chi connectivity index (χ0) is 17.2. The highest BCUT2D eigenvalue weighted by Crippen LogP contribution is 2.16. The molecule has 1 unspecified atom stereocenters. The quantitative estimate of drug-likeness (QED) is 0.292. The van der Waals surface area contributed by atoms with Crippen molar-refractivity contribution in [1.82, 2.24) is 10.2 Å². The average Bonchev–Trinajstić information content (AvgIpc) is 2.60. The summed E-state index contributed by atoms with van der Waals surface area (Å²) in [7, 11) is 1.68. The van der Waals surface area contributed by atoms with Crippen molar-refractivity contribution in [3.63, 3.8) is 0 Å². The van der Waals surface area contributed by atoms with E-state index >= 15 is 0 Å². The summed E-state index contributed by atoms with van der Waals surface area (Å²) in [5, 5.41) is 3.43. The van der Waals surface area contributed by atoms with Crippen molar-refractivity contribution in [2.75, 3.05) is 40.0 Å². The highest BCUT2D eigenvalue weighted by atomic mass is 127. The molecule has 0 aromatic heterocycles. The molecule has 5 nitrogen and oxygen atoms in total. The van der Waals surface area contributed by atoms with Gasteiger partial charge in [0.2, 0.25) is 0 Å². The summed E-state index contributed by atoms with van der Waals surface area (Å²) in [5.41, 5.74) is 1.19. The van der Waals surface area contributed by atoms with Crippen LogP contribution in [-0.2, 0) is 11.3 Å². The molecule has 2 rings (SSSR count). The van der Waals surface area contributed by atoms with Gasteiger partial charge in [0, 0.05) is 26.7 Å². The van der Waals surface area contributed by atoms with Crippen molar-refractivity contribution in [1.29, 1.82) is 0 Å². The van der Waals surface area contributed by atoms with Gasteiger partial charge >= 0.3 is 0 Å². The van der Waals surface area contributed by atoms with Gasteiger partial charge in [-0.2, -0.15) is 0 Å². The molecule has 142 valence electrons. The number of methoxy groups -OCH3 is 1. The molecule has 0 bridgehead atoms. The maximum atomic E-state index is 5.59. The second-order valence-corrected chi connectivity index (χ2v) is 6.35. The first-order valence-electron chi connectivity index (χ1n) is 8.97. The van der Waals surface area contributed by atoms with Crippen LogP contribution in [0.1, 0.15) is 32.3 Å². The molecule has 0 aliphatic carbocycles. The summed E-state index contributed by atoms with van der Waals surface area (Å²) < 4.78 is 10.6. The zero-order valence-electron chi connectivity index (χ0n) is 15.7. The number of guanidine groups is 1. The maximum absolute atomic E-state index is 5.59. The van der Waals surface area contributed by atoms with Gasteiger partial charge in [-0.1, -0.05) is 19.1 Å². The Kier molecular flexibility index (Phi) is 10.9. The molecular formula is C19H32IN3O2. The van der Waals surface area contributed by atoms with Crippen LogP contribution in [0.2, 0.25) is 0 Å². The van der Waals surface area contributed by atoms with Crippen LogP contribution in [0, 0.1) is 5.92 Å². The molecule has 6 heteroatoms. The van der Waals surface area contributed by atoms with Crippen LogP contribution in [-0.4, -0.2) is 50.8 Å². The number of piperidine rings is 1. The molecule has 0 spiro atoms. The summed E-state index contributed by atoms with van der Waals surface area (Å²) >= 11 is 0. The van der Waals surface area contributed by atoms with Crippen molar-refractivity contribution in [3.05, 3.63) is 29.8 Å². The van der Waals surface area contributed by atoms with Crippen LogP contribution >= 0.6 is 24.0 Å². The van der Waals surface area contributed by atoms with Crippen LogP contribution in [0.15, 0.2) is 29.3 Å². The standard InChI is InChI=1S/C19H31N3O2.HI/c1-4-20-19(22-11-5-6-16(2)15-22)21-14-17-7-9-18(10-8-17)24-13-12-23-3;/h7-10,16H,4-6,11-15H2,1-3H3,(H,20,21);1H. The average molecular weight is 461 g/mol. The summed E-state index contributed by atoms with van der Waals surface area (Å²) in [6.07, 6.45) is 2.57. The molecule has 0 radical (unpaired) electrons. The second-order valence-electron chi connectivity index (χ2n) is 6.35. The predicted octanol–water partition coefficient (Wildman–Crippen LogP) is 3.53. The molecule has 1 aromatic rings. The number of likely N-dealkylation sites (tertiary alicyclic amines) is 1. The smallest absolute Gasteiger partial charge is 0.194 e. The van der Waals surface area contributed by atoms with Gasteiger partial charge in [0.25, 0.3) is 0 Å². The van der Waals surface area contributed by atoms with Crippen molar-refractivity contribution in [3.8, 4) is 5.75 Å². The number of nitrogens with one attached hydrogen (secondary N) is 1. The number of rotatable bonds is 7. The van der Waals surface area contributed by atoms with Crippen LogP contribution in [0.3, 0.4) is 0 Å². The Labute approximate surface area is 169 Å². The number of hydrogen-bond donors (Lipinski definition) is 1. The van der Waals surface area contributed by atoms with Gasteiger partial charge in [-0.25, -0.2) is 4.99 Å². The topological polar surface area (TPSA) is 46.1 Å². The normalized spacial score (nSPS) is 17.8. The predicted molar refractivity (Wildman–Crippen MR) is 114 cm³/mol. The molecule has 0 amide bonds. The Hall–Kier alpha value is -1.02. The minimum atomic E-state index is 0. The lowest BCUT2D eigenvalue weighted by molar-refractivity contribution is 0.146. The third kappa shape index (κ3) is 7.81. The summed E-state index contributed by atoms with van der Waals surface area (Å²) in [6, 6.07) is 8.15. The largest absolute Gasteiger partial charge is 0.491 e. The van der Waals surface area contributed by atoms with Crippen molar-refractivity contribution < 1.29 is 9.47 Å². The Morgan fingerprint density at radius 2 is 2.04 bits per heavy atom. The van der Waals surface area contributed by atoms with Gasteiger partial charge in [-0.3, -0.25) is 0 Å². The third-order valence-corrected chi connectivity index (χ3v) is 4.18. The fourth-order valence-electron chi connectivity index (χ4n) is 2.91. The molecule has 1 aliphatic heterocycles.